The molecule has 0 aliphatic heterocycles. The van der Waals surface area contributed by atoms with Gasteiger partial charge in [0.25, 0.3) is 0 Å². The van der Waals surface area contributed by atoms with Crippen LogP contribution < -0.4 is 5.32 Å². The summed E-state index contributed by atoms with van der Waals surface area (Å²) in [4.78, 5) is 4.66. The highest BCUT2D eigenvalue weighted by molar-refractivity contribution is 5.67. The molecule has 1 aliphatic rings. The van der Waals surface area contributed by atoms with E-state index < -0.39 is 0 Å². The van der Waals surface area contributed by atoms with Crippen LogP contribution in [-0.2, 0) is 12.8 Å². The van der Waals surface area contributed by atoms with Crippen molar-refractivity contribution in [2.24, 2.45) is 0 Å². The molecular formula is C17H17N3. The van der Waals surface area contributed by atoms with Crippen molar-refractivity contribution in [3.8, 4) is 6.07 Å². The number of benzene rings is 1. The summed E-state index contributed by atoms with van der Waals surface area (Å²) in [6.45, 7) is 4.17. The van der Waals surface area contributed by atoms with Crippen molar-refractivity contribution in [2.75, 3.05) is 5.32 Å². The second-order valence-electron chi connectivity index (χ2n) is 5.33. The molecule has 3 heteroatoms. The van der Waals surface area contributed by atoms with E-state index in [0.717, 1.165) is 30.6 Å². The highest BCUT2D eigenvalue weighted by Gasteiger charge is 2.16. The van der Waals surface area contributed by atoms with Crippen molar-refractivity contribution in [2.45, 2.75) is 33.1 Å². The minimum atomic E-state index is 0.631. The standard InChI is InChI=1S/C17H17N3/c1-11-5-3-7-15(12(11)2)19-17-14(10-18)9-13-6-4-8-16(13)20-17/h3,5,7,9H,4,6,8H2,1-2H3,(H,19,20). The fourth-order valence-corrected chi connectivity index (χ4v) is 2.67. The quantitative estimate of drug-likeness (QED) is 0.896. The molecule has 1 aromatic heterocycles. The van der Waals surface area contributed by atoms with Crippen LogP contribution in [0.5, 0.6) is 0 Å². The molecule has 1 heterocycles. The predicted molar refractivity (Wildman–Crippen MR) is 80.2 cm³/mol. The number of rotatable bonds is 2. The molecule has 0 fully saturated rings. The Labute approximate surface area is 119 Å². The number of fused-ring (bicyclic) bond motifs is 1. The normalized spacial score (nSPS) is 12.8. The number of aromatic nitrogens is 1. The van der Waals surface area contributed by atoms with Gasteiger partial charge in [0, 0.05) is 11.4 Å². The Balaban J connectivity index is 2.03. The average molecular weight is 263 g/mol. The fraction of sp³-hybridized carbons (Fsp3) is 0.294. The lowest BCUT2D eigenvalue weighted by Gasteiger charge is -2.13. The van der Waals surface area contributed by atoms with Crippen LogP contribution in [0.1, 0.15) is 34.4 Å². The molecule has 1 N–H and O–H groups in total. The SMILES string of the molecule is Cc1cccc(Nc2nc3c(cc2C#N)CCC3)c1C. The van der Waals surface area contributed by atoms with Crippen molar-refractivity contribution in [3.63, 3.8) is 0 Å². The zero-order valence-corrected chi connectivity index (χ0v) is 11.8. The van der Waals surface area contributed by atoms with Crippen molar-refractivity contribution >= 4 is 11.5 Å². The first-order valence-electron chi connectivity index (χ1n) is 6.95. The Morgan fingerprint density at radius 3 is 2.90 bits per heavy atom. The Morgan fingerprint density at radius 1 is 1.25 bits per heavy atom. The van der Waals surface area contributed by atoms with Crippen LogP contribution in [0.2, 0.25) is 0 Å². The molecule has 1 aliphatic carbocycles. The molecule has 0 bridgehead atoms. The number of nitrogens with zero attached hydrogens (tertiary/aromatic N) is 2. The van der Waals surface area contributed by atoms with Crippen LogP contribution in [0.25, 0.3) is 0 Å². The average Bonchev–Trinajstić information content (AvgIpc) is 2.90. The van der Waals surface area contributed by atoms with Crippen LogP contribution in [0, 0.1) is 25.2 Å². The van der Waals surface area contributed by atoms with E-state index in [1.54, 1.807) is 0 Å². The largest absolute Gasteiger partial charge is 0.339 e. The van der Waals surface area contributed by atoms with E-state index in [1.807, 2.05) is 18.2 Å². The smallest absolute Gasteiger partial charge is 0.148 e. The molecule has 0 saturated heterocycles. The summed E-state index contributed by atoms with van der Waals surface area (Å²) in [6, 6.07) is 10.4. The Kier molecular flexibility index (Phi) is 3.15. The summed E-state index contributed by atoms with van der Waals surface area (Å²) in [6.07, 6.45) is 3.20. The lowest BCUT2D eigenvalue weighted by atomic mass is 10.1. The van der Waals surface area contributed by atoms with E-state index in [1.165, 1.54) is 16.7 Å². The monoisotopic (exact) mass is 263 g/mol. The summed E-state index contributed by atoms with van der Waals surface area (Å²) in [5.41, 5.74) is 6.44. The number of hydrogen-bond acceptors (Lipinski definition) is 3. The van der Waals surface area contributed by atoms with Crippen molar-refractivity contribution in [3.05, 3.63) is 52.2 Å². The van der Waals surface area contributed by atoms with E-state index in [4.69, 9.17) is 0 Å². The van der Waals surface area contributed by atoms with E-state index in [-0.39, 0.29) is 0 Å². The van der Waals surface area contributed by atoms with Crippen molar-refractivity contribution < 1.29 is 0 Å². The van der Waals surface area contributed by atoms with Gasteiger partial charge in [-0.25, -0.2) is 4.98 Å². The highest BCUT2D eigenvalue weighted by atomic mass is 15.0. The highest BCUT2D eigenvalue weighted by Crippen LogP contribution is 2.28. The van der Waals surface area contributed by atoms with E-state index in [0.29, 0.717) is 11.4 Å². The lowest BCUT2D eigenvalue weighted by Crippen LogP contribution is -2.02. The van der Waals surface area contributed by atoms with Gasteiger partial charge >= 0.3 is 0 Å². The Hall–Kier alpha value is -2.34. The number of nitriles is 1. The molecule has 0 unspecified atom stereocenters. The van der Waals surface area contributed by atoms with Gasteiger partial charge in [-0.05, 0) is 61.9 Å². The summed E-state index contributed by atoms with van der Waals surface area (Å²) in [5, 5.41) is 12.7. The zero-order chi connectivity index (χ0) is 14.1. The van der Waals surface area contributed by atoms with Crippen LogP contribution in [0.3, 0.4) is 0 Å². The van der Waals surface area contributed by atoms with Crippen LogP contribution in [-0.4, -0.2) is 4.98 Å². The molecule has 3 nitrogen and oxygen atoms in total. The molecule has 100 valence electrons. The van der Waals surface area contributed by atoms with Crippen molar-refractivity contribution in [1.29, 1.82) is 5.26 Å². The first-order chi connectivity index (χ1) is 9.69. The summed E-state index contributed by atoms with van der Waals surface area (Å²) in [7, 11) is 0. The third-order valence-electron chi connectivity index (χ3n) is 4.03. The number of aryl methyl sites for hydroxylation is 3. The van der Waals surface area contributed by atoms with Gasteiger partial charge in [-0.3, -0.25) is 0 Å². The van der Waals surface area contributed by atoms with Crippen molar-refractivity contribution in [1.82, 2.24) is 4.98 Å². The maximum Gasteiger partial charge on any atom is 0.148 e. The number of anilines is 2. The topological polar surface area (TPSA) is 48.7 Å². The van der Waals surface area contributed by atoms with Gasteiger partial charge in [0.15, 0.2) is 0 Å². The summed E-state index contributed by atoms with van der Waals surface area (Å²) >= 11 is 0. The number of hydrogen-bond donors (Lipinski definition) is 1. The van der Waals surface area contributed by atoms with Gasteiger partial charge in [-0.2, -0.15) is 5.26 Å². The minimum Gasteiger partial charge on any atom is -0.339 e. The Bertz CT molecular complexity index is 711. The first-order valence-corrected chi connectivity index (χ1v) is 6.95. The number of nitrogens with one attached hydrogen (secondary N) is 1. The molecule has 0 saturated carbocycles. The lowest BCUT2D eigenvalue weighted by molar-refractivity contribution is 0.900. The van der Waals surface area contributed by atoms with Gasteiger partial charge in [-0.15, -0.1) is 0 Å². The van der Waals surface area contributed by atoms with Gasteiger partial charge in [-0.1, -0.05) is 12.1 Å². The maximum atomic E-state index is 9.32. The van der Waals surface area contributed by atoms with E-state index >= 15 is 0 Å². The second-order valence-corrected chi connectivity index (χ2v) is 5.33. The minimum absolute atomic E-state index is 0.631. The molecule has 20 heavy (non-hydrogen) atoms. The second kappa shape index (κ2) is 4.97. The summed E-state index contributed by atoms with van der Waals surface area (Å²) in [5.74, 6) is 0.682. The molecule has 0 atom stereocenters. The molecule has 1 aromatic carbocycles. The third-order valence-corrected chi connectivity index (χ3v) is 4.03. The van der Waals surface area contributed by atoms with Crippen LogP contribution in [0.15, 0.2) is 24.3 Å². The van der Waals surface area contributed by atoms with Crippen LogP contribution >= 0.6 is 0 Å². The molecule has 2 aromatic rings. The molecule has 0 spiro atoms. The van der Waals surface area contributed by atoms with Gasteiger partial charge in [0.1, 0.15) is 11.9 Å². The van der Waals surface area contributed by atoms with E-state index in [9.17, 15) is 5.26 Å². The van der Waals surface area contributed by atoms with Gasteiger partial charge in [0.05, 0.1) is 5.56 Å². The fourth-order valence-electron chi connectivity index (χ4n) is 2.67. The zero-order valence-electron chi connectivity index (χ0n) is 11.8. The van der Waals surface area contributed by atoms with Crippen LogP contribution in [0.4, 0.5) is 11.5 Å². The third kappa shape index (κ3) is 2.14. The van der Waals surface area contributed by atoms with E-state index in [2.05, 4.69) is 36.3 Å². The molecule has 3 rings (SSSR count). The Morgan fingerprint density at radius 2 is 2.10 bits per heavy atom. The molecular weight excluding hydrogens is 246 g/mol. The summed E-state index contributed by atoms with van der Waals surface area (Å²) < 4.78 is 0. The maximum absolute atomic E-state index is 9.32. The van der Waals surface area contributed by atoms with Gasteiger partial charge < -0.3 is 5.32 Å². The predicted octanol–water partition coefficient (Wildman–Crippen LogP) is 3.80. The number of pyridine rings is 1. The molecule has 0 radical (unpaired) electrons. The first kappa shape index (κ1) is 12.7. The molecule has 0 amide bonds. The van der Waals surface area contributed by atoms with Gasteiger partial charge in [0.2, 0.25) is 0 Å².